The van der Waals surface area contributed by atoms with E-state index in [1.165, 1.54) is 24.7 Å². The van der Waals surface area contributed by atoms with Crippen molar-refractivity contribution >= 4 is 35.8 Å². The van der Waals surface area contributed by atoms with E-state index >= 15 is 0 Å². The monoisotopic (exact) mass is 540 g/mol. The highest BCUT2D eigenvalue weighted by Gasteiger charge is 2.36. The second-order valence-electron chi connectivity index (χ2n) is 8.15. The quantitative estimate of drug-likeness (QED) is 0.364. The Morgan fingerprint density at radius 3 is 2.32 bits per heavy atom. The molecule has 2 heterocycles. The van der Waals surface area contributed by atoms with Gasteiger partial charge in [0.25, 0.3) is 5.91 Å². The molecule has 2 aromatic rings. The molecular weight excluding hydrogens is 510 g/mol. The fourth-order valence-corrected chi connectivity index (χ4v) is 4.68. The van der Waals surface area contributed by atoms with Crippen molar-refractivity contribution in [3.05, 3.63) is 59.8 Å². The Morgan fingerprint density at radius 1 is 1.10 bits per heavy atom. The van der Waals surface area contributed by atoms with E-state index in [9.17, 15) is 9.18 Å². The highest BCUT2D eigenvalue weighted by molar-refractivity contribution is 14.0. The van der Waals surface area contributed by atoms with E-state index in [4.69, 9.17) is 4.42 Å². The topological polar surface area (TPSA) is 61.1 Å². The summed E-state index contributed by atoms with van der Waals surface area (Å²) < 4.78 is 18.6. The number of nitrogens with one attached hydrogen (secondary N) is 1. The number of halogens is 2. The van der Waals surface area contributed by atoms with Crippen LogP contribution in [0.5, 0.6) is 0 Å². The molecule has 0 bridgehead atoms. The summed E-state index contributed by atoms with van der Waals surface area (Å²) in [4.78, 5) is 21.0. The number of nitrogens with zero attached hydrogens (tertiary/aromatic N) is 3. The first-order chi connectivity index (χ1) is 14.6. The van der Waals surface area contributed by atoms with Crippen molar-refractivity contribution in [1.29, 1.82) is 0 Å². The number of hydrogen-bond donors (Lipinski definition) is 1. The van der Waals surface area contributed by atoms with Gasteiger partial charge in [-0.15, -0.1) is 24.0 Å². The number of piperazine rings is 1. The summed E-state index contributed by atoms with van der Waals surface area (Å²) in [6.45, 7) is 3.47. The van der Waals surface area contributed by atoms with Gasteiger partial charge < -0.3 is 19.5 Å². The fraction of sp³-hybridized carbons (Fsp3) is 0.478. The normalized spacial score (nSPS) is 18.6. The highest BCUT2D eigenvalue weighted by Crippen LogP contribution is 2.40. The van der Waals surface area contributed by atoms with Gasteiger partial charge in [0.05, 0.1) is 6.26 Å². The highest BCUT2D eigenvalue weighted by atomic mass is 127. The number of rotatable bonds is 4. The summed E-state index contributed by atoms with van der Waals surface area (Å²) >= 11 is 0. The third-order valence-electron chi connectivity index (χ3n) is 6.41. The number of benzene rings is 1. The lowest BCUT2D eigenvalue weighted by molar-refractivity contribution is 0.0657. The average Bonchev–Trinajstić information content (AvgIpc) is 3.48. The zero-order chi connectivity index (χ0) is 21.0. The maximum Gasteiger partial charge on any atom is 0.289 e. The second-order valence-corrected chi connectivity index (χ2v) is 8.15. The summed E-state index contributed by atoms with van der Waals surface area (Å²) in [6.07, 6.45) is 6.08. The number of guanidine groups is 1. The molecule has 8 heteroatoms. The van der Waals surface area contributed by atoms with Gasteiger partial charge >= 0.3 is 0 Å². The summed E-state index contributed by atoms with van der Waals surface area (Å²) in [6, 6.07) is 10.4. The van der Waals surface area contributed by atoms with Gasteiger partial charge in [0.15, 0.2) is 11.7 Å². The first-order valence-electron chi connectivity index (χ1n) is 10.7. The lowest BCUT2D eigenvalue weighted by atomic mass is 9.79. The number of aliphatic imine (C=N–C) groups is 1. The third kappa shape index (κ3) is 5.22. The zero-order valence-corrected chi connectivity index (χ0v) is 20.2. The lowest BCUT2D eigenvalue weighted by Gasteiger charge is -2.38. The van der Waals surface area contributed by atoms with Crippen LogP contribution in [0.1, 0.15) is 41.8 Å². The van der Waals surface area contributed by atoms with Crippen LogP contribution < -0.4 is 5.32 Å². The molecule has 1 aliphatic heterocycles. The van der Waals surface area contributed by atoms with E-state index in [2.05, 4.69) is 15.2 Å². The van der Waals surface area contributed by atoms with E-state index in [1.807, 2.05) is 17.0 Å². The molecular formula is C23H30FIN4O2. The largest absolute Gasteiger partial charge is 0.459 e. The lowest BCUT2D eigenvalue weighted by Crippen LogP contribution is -2.55. The van der Waals surface area contributed by atoms with Crippen LogP contribution in [0.25, 0.3) is 0 Å². The molecule has 1 aromatic heterocycles. The van der Waals surface area contributed by atoms with E-state index in [0.717, 1.165) is 38.4 Å². The molecule has 4 rings (SSSR count). The maximum absolute atomic E-state index is 13.4. The van der Waals surface area contributed by atoms with Gasteiger partial charge in [-0.2, -0.15) is 0 Å². The molecule has 0 spiro atoms. The summed E-state index contributed by atoms with van der Waals surface area (Å²) in [5.41, 5.74) is 1.21. The number of carbonyl (C=O) groups excluding carboxylic acids is 1. The molecule has 0 radical (unpaired) electrons. The minimum absolute atomic E-state index is 0. The summed E-state index contributed by atoms with van der Waals surface area (Å²) in [5.74, 6) is 0.975. The number of amides is 1. The second kappa shape index (κ2) is 10.5. The predicted octanol–water partition coefficient (Wildman–Crippen LogP) is 3.88. The van der Waals surface area contributed by atoms with Crippen LogP contribution in [0.15, 0.2) is 52.1 Å². The molecule has 6 nitrogen and oxygen atoms in total. The van der Waals surface area contributed by atoms with E-state index in [1.54, 1.807) is 31.3 Å². The Hall–Kier alpha value is -2.10. The fourth-order valence-electron chi connectivity index (χ4n) is 4.68. The van der Waals surface area contributed by atoms with E-state index in [0.29, 0.717) is 18.8 Å². The smallest absolute Gasteiger partial charge is 0.289 e. The molecule has 31 heavy (non-hydrogen) atoms. The van der Waals surface area contributed by atoms with Gasteiger partial charge in [0.2, 0.25) is 0 Å². The summed E-state index contributed by atoms with van der Waals surface area (Å²) in [5, 5.41) is 3.57. The number of hydrogen-bond acceptors (Lipinski definition) is 3. The van der Waals surface area contributed by atoms with E-state index < -0.39 is 0 Å². The minimum atomic E-state index is -0.197. The maximum atomic E-state index is 13.4. The molecule has 1 saturated carbocycles. The molecule has 1 aromatic carbocycles. The van der Waals surface area contributed by atoms with Crippen molar-refractivity contribution in [2.24, 2.45) is 4.99 Å². The molecule has 1 aliphatic carbocycles. The third-order valence-corrected chi connectivity index (χ3v) is 6.41. The van der Waals surface area contributed by atoms with Gasteiger partial charge in [-0.1, -0.05) is 25.0 Å². The molecule has 2 fully saturated rings. The Bertz CT molecular complexity index is 871. The number of carbonyl (C=O) groups is 1. The standard InChI is InChI=1S/C23H29FN4O2.HI/c1-25-22(28-14-12-27(13-15-28)21(29)20-5-4-16-30-20)26-17-23(10-2-3-11-23)18-6-8-19(24)9-7-18;/h4-9,16H,2-3,10-15,17H2,1H3,(H,25,26);1H. The van der Waals surface area contributed by atoms with Crippen LogP contribution in [0.2, 0.25) is 0 Å². The molecule has 2 aliphatic rings. The predicted molar refractivity (Wildman–Crippen MR) is 130 cm³/mol. The first-order valence-corrected chi connectivity index (χ1v) is 10.7. The van der Waals surface area contributed by atoms with E-state index in [-0.39, 0.29) is 41.1 Å². The van der Waals surface area contributed by atoms with Crippen LogP contribution >= 0.6 is 24.0 Å². The van der Waals surface area contributed by atoms with Crippen LogP contribution in [0.3, 0.4) is 0 Å². The van der Waals surface area contributed by atoms with Gasteiger partial charge in [-0.05, 0) is 42.7 Å². The SMILES string of the molecule is CN=C(NCC1(c2ccc(F)cc2)CCCC1)N1CCN(C(=O)c2ccco2)CC1.I. The van der Waals surface area contributed by atoms with Crippen molar-refractivity contribution in [2.45, 2.75) is 31.1 Å². The van der Waals surface area contributed by atoms with Crippen LogP contribution in [-0.4, -0.2) is 61.4 Å². The van der Waals surface area contributed by atoms with Gasteiger partial charge in [-0.3, -0.25) is 9.79 Å². The van der Waals surface area contributed by atoms with Gasteiger partial charge in [-0.25, -0.2) is 4.39 Å². The molecule has 1 amide bonds. The van der Waals surface area contributed by atoms with Crippen LogP contribution in [0, 0.1) is 5.82 Å². The molecule has 0 unspecified atom stereocenters. The molecule has 1 N–H and O–H groups in total. The molecule has 1 saturated heterocycles. The Balaban J connectivity index is 0.00000272. The Morgan fingerprint density at radius 2 is 1.74 bits per heavy atom. The molecule has 168 valence electrons. The van der Waals surface area contributed by atoms with Crippen molar-refractivity contribution in [3.63, 3.8) is 0 Å². The van der Waals surface area contributed by atoms with Crippen molar-refractivity contribution in [2.75, 3.05) is 39.8 Å². The van der Waals surface area contributed by atoms with Crippen LogP contribution in [-0.2, 0) is 5.41 Å². The van der Waals surface area contributed by atoms with Crippen molar-refractivity contribution < 1.29 is 13.6 Å². The number of furan rings is 1. The minimum Gasteiger partial charge on any atom is -0.459 e. The molecule has 0 atom stereocenters. The Kier molecular flexibility index (Phi) is 7.96. The van der Waals surface area contributed by atoms with Gasteiger partial charge in [0.1, 0.15) is 5.82 Å². The average molecular weight is 540 g/mol. The van der Waals surface area contributed by atoms with Crippen LogP contribution in [0.4, 0.5) is 4.39 Å². The first kappa shape index (κ1) is 23.6. The summed E-state index contributed by atoms with van der Waals surface area (Å²) in [7, 11) is 1.79. The van der Waals surface area contributed by atoms with Crippen molar-refractivity contribution in [1.82, 2.24) is 15.1 Å². The Labute approximate surface area is 199 Å². The van der Waals surface area contributed by atoms with Gasteiger partial charge in [0, 0.05) is 45.2 Å². The zero-order valence-electron chi connectivity index (χ0n) is 17.8. The van der Waals surface area contributed by atoms with Crippen molar-refractivity contribution in [3.8, 4) is 0 Å².